The van der Waals surface area contributed by atoms with Gasteiger partial charge in [-0.15, -0.1) is 0 Å². The lowest BCUT2D eigenvalue weighted by atomic mass is 9.99. The molecule has 3 rings (SSSR count). The Kier molecular flexibility index (Phi) is 6.52. The standard InChI is InChI=1S/C20H28BrN3O3/c1-3-5-7-13(4-2)19(26)27-15-11-20(15)10-14(22-12-20)18(25)24-17-9-6-8-16(21)23-17/h6,8-9,13-15,22H,3-5,7,10-12H2,1-2H3,(H,23,24,25). The molecule has 2 heterocycles. The van der Waals surface area contributed by atoms with Crippen LogP contribution in [0.3, 0.4) is 0 Å². The predicted octanol–water partition coefficient (Wildman–Crippen LogP) is 3.66. The minimum absolute atomic E-state index is 0.00124. The van der Waals surface area contributed by atoms with Crippen molar-refractivity contribution >= 4 is 33.6 Å². The Morgan fingerprint density at radius 3 is 2.93 bits per heavy atom. The van der Waals surface area contributed by atoms with Gasteiger partial charge in [0, 0.05) is 12.0 Å². The molecule has 1 aromatic heterocycles. The van der Waals surface area contributed by atoms with Crippen LogP contribution in [0.4, 0.5) is 5.82 Å². The SMILES string of the molecule is CCCCC(CC)C(=O)OC1CC12CNC(C(=O)Nc1cccc(Br)n1)C2. The molecule has 6 nitrogen and oxygen atoms in total. The Bertz CT molecular complexity index is 699. The molecule has 4 atom stereocenters. The molecule has 1 aliphatic carbocycles. The largest absolute Gasteiger partial charge is 0.461 e. The molecule has 0 aromatic carbocycles. The van der Waals surface area contributed by atoms with Crippen molar-refractivity contribution < 1.29 is 14.3 Å². The number of carbonyl (C=O) groups excluding carboxylic acids is 2. The van der Waals surface area contributed by atoms with Crippen LogP contribution in [0.5, 0.6) is 0 Å². The van der Waals surface area contributed by atoms with Crippen LogP contribution in [0, 0.1) is 11.3 Å². The number of amides is 1. The van der Waals surface area contributed by atoms with Crippen molar-refractivity contribution in [2.24, 2.45) is 11.3 Å². The molecule has 1 saturated heterocycles. The van der Waals surface area contributed by atoms with Crippen LogP contribution in [-0.2, 0) is 14.3 Å². The highest BCUT2D eigenvalue weighted by molar-refractivity contribution is 9.10. The summed E-state index contributed by atoms with van der Waals surface area (Å²) < 4.78 is 6.46. The van der Waals surface area contributed by atoms with Crippen LogP contribution >= 0.6 is 15.9 Å². The zero-order valence-electron chi connectivity index (χ0n) is 16.0. The fourth-order valence-corrected chi connectivity index (χ4v) is 4.15. The second-order valence-electron chi connectivity index (χ2n) is 7.71. The van der Waals surface area contributed by atoms with E-state index in [1.807, 2.05) is 19.1 Å². The first-order valence-corrected chi connectivity index (χ1v) is 10.6. The van der Waals surface area contributed by atoms with Crippen molar-refractivity contribution in [1.82, 2.24) is 10.3 Å². The summed E-state index contributed by atoms with van der Waals surface area (Å²) in [4.78, 5) is 29.2. The van der Waals surface area contributed by atoms with Crippen molar-refractivity contribution in [3.63, 3.8) is 0 Å². The molecule has 1 spiro atoms. The Morgan fingerprint density at radius 1 is 1.41 bits per heavy atom. The van der Waals surface area contributed by atoms with Gasteiger partial charge < -0.3 is 15.4 Å². The first kappa shape index (κ1) is 20.3. The van der Waals surface area contributed by atoms with E-state index >= 15 is 0 Å². The Balaban J connectivity index is 1.49. The van der Waals surface area contributed by atoms with Crippen molar-refractivity contribution in [3.05, 3.63) is 22.8 Å². The normalized spacial score (nSPS) is 27.4. The number of ether oxygens (including phenoxy) is 1. The van der Waals surface area contributed by atoms with E-state index in [1.165, 1.54) is 0 Å². The Hall–Kier alpha value is -1.47. The lowest BCUT2D eigenvalue weighted by Gasteiger charge is -2.15. The molecule has 0 radical (unpaired) electrons. The molecule has 4 unspecified atom stereocenters. The summed E-state index contributed by atoms with van der Waals surface area (Å²) in [5, 5.41) is 6.13. The smallest absolute Gasteiger partial charge is 0.309 e. The fraction of sp³-hybridized carbons (Fsp3) is 0.650. The number of unbranched alkanes of at least 4 members (excludes halogenated alkanes) is 1. The lowest BCUT2D eigenvalue weighted by molar-refractivity contribution is -0.151. The van der Waals surface area contributed by atoms with Crippen LogP contribution in [0.1, 0.15) is 52.4 Å². The maximum atomic E-state index is 12.5. The van der Waals surface area contributed by atoms with Gasteiger partial charge in [0.25, 0.3) is 0 Å². The molecule has 2 fully saturated rings. The summed E-state index contributed by atoms with van der Waals surface area (Å²) in [6.45, 7) is 4.88. The quantitative estimate of drug-likeness (QED) is 0.478. The van der Waals surface area contributed by atoms with Crippen molar-refractivity contribution in [2.75, 3.05) is 11.9 Å². The predicted molar refractivity (Wildman–Crippen MR) is 107 cm³/mol. The van der Waals surface area contributed by atoms with Crippen LogP contribution in [0.25, 0.3) is 0 Å². The average Bonchev–Trinajstić information content (AvgIpc) is 3.10. The third kappa shape index (κ3) is 4.88. The van der Waals surface area contributed by atoms with Crippen LogP contribution in [0.2, 0.25) is 0 Å². The number of pyridine rings is 1. The summed E-state index contributed by atoms with van der Waals surface area (Å²) in [5.74, 6) is 0.360. The van der Waals surface area contributed by atoms with E-state index in [0.29, 0.717) is 23.4 Å². The van der Waals surface area contributed by atoms with Crippen LogP contribution in [0.15, 0.2) is 22.8 Å². The van der Waals surface area contributed by atoms with E-state index in [2.05, 4.69) is 38.5 Å². The number of rotatable bonds is 8. The first-order valence-electron chi connectivity index (χ1n) is 9.84. The van der Waals surface area contributed by atoms with Gasteiger partial charge in [-0.25, -0.2) is 4.98 Å². The monoisotopic (exact) mass is 437 g/mol. The molecule has 1 saturated carbocycles. The molecule has 0 bridgehead atoms. The molecule has 7 heteroatoms. The van der Waals surface area contributed by atoms with Gasteiger partial charge in [-0.2, -0.15) is 0 Å². The molecule has 2 N–H and O–H groups in total. The van der Waals surface area contributed by atoms with E-state index in [4.69, 9.17) is 4.74 Å². The summed E-state index contributed by atoms with van der Waals surface area (Å²) in [7, 11) is 0. The Morgan fingerprint density at radius 2 is 2.22 bits per heavy atom. The highest BCUT2D eigenvalue weighted by Gasteiger charge is 2.61. The van der Waals surface area contributed by atoms with Crippen molar-refractivity contribution in [2.45, 2.75) is 64.5 Å². The number of aromatic nitrogens is 1. The van der Waals surface area contributed by atoms with Gasteiger partial charge in [-0.05, 0) is 53.7 Å². The molecule has 27 heavy (non-hydrogen) atoms. The topological polar surface area (TPSA) is 80.3 Å². The minimum Gasteiger partial charge on any atom is -0.461 e. The number of hydrogen-bond donors (Lipinski definition) is 2. The van der Waals surface area contributed by atoms with Gasteiger partial charge in [-0.1, -0.05) is 32.8 Å². The van der Waals surface area contributed by atoms with Crippen molar-refractivity contribution in [1.29, 1.82) is 0 Å². The van der Waals surface area contributed by atoms with Crippen molar-refractivity contribution in [3.8, 4) is 0 Å². The molecular formula is C20H28BrN3O3. The third-order valence-electron chi connectivity index (χ3n) is 5.70. The Labute approximate surface area is 169 Å². The summed E-state index contributed by atoms with van der Waals surface area (Å²) in [6, 6.07) is 5.12. The van der Waals surface area contributed by atoms with E-state index in [0.717, 1.165) is 32.1 Å². The number of halogens is 1. The van der Waals surface area contributed by atoms with E-state index in [-0.39, 0.29) is 35.4 Å². The molecule has 148 valence electrons. The summed E-state index contributed by atoms with van der Waals surface area (Å²) in [5.41, 5.74) is -0.0780. The van der Waals surface area contributed by atoms with Crippen LogP contribution in [-0.4, -0.2) is 35.6 Å². The van der Waals surface area contributed by atoms with Gasteiger partial charge in [0.15, 0.2) is 0 Å². The molecule has 1 aromatic rings. The zero-order chi connectivity index (χ0) is 19.4. The lowest BCUT2D eigenvalue weighted by Crippen LogP contribution is -2.35. The second-order valence-corrected chi connectivity index (χ2v) is 8.52. The highest BCUT2D eigenvalue weighted by atomic mass is 79.9. The van der Waals surface area contributed by atoms with Gasteiger partial charge in [0.1, 0.15) is 16.5 Å². The number of anilines is 1. The maximum absolute atomic E-state index is 12.5. The van der Waals surface area contributed by atoms with Gasteiger partial charge in [-0.3, -0.25) is 9.59 Å². The summed E-state index contributed by atoms with van der Waals surface area (Å²) >= 11 is 3.30. The van der Waals surface area contributed by atoms with E-state index < -0.39 is 0 Å². The maximum Gasteiger partial charge on any atom is 0.309 e. The molecule has 1 amide bonds. The fourth-order valence-electron chi connectivity index (χ4n) is 3.81. The van der Waals surface area contributed by atoms with Gasteiger partial charge >= 0.3 is 5.97 Å². The van der Waals surface area contributed by atoms with E-state index in [1.54, 1.807) is 6.07 Å². The molecule has 2 aliphatic rings. The first-order chi connectivity index (χ1) is 13.0. The number of nitrogens with zero attached hydrogens (tertiary/aromatic N) is 1. The number of nitrogens with one attached hydrogen (secondary N) is 2. The van der Waals surface area contributed by atoms with Gasteiger partial charge in [0.2, 0.25) is 5.91 Å². The number of carbonyl (C=O) groups is 2. The highest BCUT2D eigenvalue weighted by Crippen LogP contribution is 2.54. The van der Waals surface area contributed by atoms with Crippen LogP contribution < -0.4 is 10.6 Å². The number of esters is 1. The summed E-state index contributed by atoms with van der Waals surface area (Å²) in [6.07, 6.45) is 5.33. The average molecular weight is 438 g/mol. The van der Waals surface area contributed by atoms with Gasteiger partial charge in [0.05, 0.1) is 12.0 Å². The minimum atomic E-state index is -0.281. The zero-order valence-corrected chi connectivity index (χ0v) is 17.5. The molecular weight excluding hydrogens is 410 g/mol. The van der Waals surface area contributed by atoms with E-state index in [9.17, 15) is 9.59 Å². The second kappa shape index (κ2) is 8.69. The molecule has 1 aliphatic heterocycles. The third-order valence-corrected chi connectivity index (χ3v) is 6.14. The number of hydrogen-bond acceptors (Lipinski definition) is 5.